The molecular formula is C48H30N4O. The van der Waals surface area contributed by atoms with E-state index in [1.807, 2.05) is 24.3 Å². The molecule has 0 fully saturated rings. The molecule has 0 saturated carbocycles. The second-order valence-corrected chi connectivity index (χ2v) is 13.4. The van der Waals surface area contributed by atoms with Crippen molar-refractivity contribution in [1.29, 1.82) is 0 Å². The molecule has 53 heavy (non-hydrogen) atoms. The Morgan fingerprint density at radius 2 is 1.04 bits per heavy atom. The van der Waals surface area contributed by atoms with Gasteiger partial charge in [-0.1, -0.05) is 127 Å². The van der Waals surface area contributed by atoms with E-state index in [2.05, 4.69) is 167 Å². The van der Waals surface area contributed by atoms with Crippen LogP contribution in [0, 0.1) is 0 Å². The van der Waals surface area contributed by atoms with Gasteiger partial charge in [0, 0.05) is 33.4 Å². The van der Waals surface area contributed by atoms with Crippen LogP contribution in [-0.2, 0) is 0 Å². The Balaban J connectivity index is 1.26. The fourth-order valence-electron chi connectivity index (χ4n) is 8.02. The van der Waals surface area contributed by atoms with Crippen LogP contribution < -0.4 is 4.90 Å². The van der Waals surface area contributed by atoms with Crippen molar-refractivity contribution in [3.8, 4) is 17.2 Å². The lowest BCUT2D eigenvalue weighted by molar-refractivity contribution is 0.667. The van der Waals surface area contributed by atoms with Crippen LogP contribution in [-0.4, -0.2) is 14.5 Å². The van der Waals surface area contributed by atoms with Crippen molar-refractivity contribution in [3.05, 3.63) is 182 Å². The van der Waals surface area contributed by atoms with Crippen LogP contribution in [0.2, 0.25) is 0 Å². The van der Waals surface area contributed by atoms with Crippen LogP contribution in [0.25, 0.3) is 82.6 Å². The largest absolute Gasteiger partial charge is 0.452 e. The molecule has 0 aliphatic rings. The lowest BCUT2D eigenvalue weighted by Gasteiger charge is -2.25. The molecule has 0 unspecified atom stereocenters. The van der Waals surface area contributed by atoms with Crippen LogP contribution in [0.3, 0.4) is 0 Å². The van der Waals surface area contributed by atoms with E-state index < -0.39 is 0 Å². The van der Waals surface area contributed by atoms with Crippen LogP contribution in [0.15, 0.2) is 186 Å². The molecule has 0 aliphatic carbocycles. The third-order valence-corrected chi connectivity index (χ3v) is 10.4. The van der Waals surface area contributed by atoms with Crippen LogP contribution in [0.4, 0.5) is 17.1 Å². The predicted molar refractivity (Wildman–Crippen MR) is 219 cm³/mol. The minimum Gasteiger partial charge on any atom is -0.452 e. The number of nitrogens with zero attached hydrogens (tertiary/aromatic N) is 4. The summed E-state index contributed by atoms with van der Waals surface area (Å²) in [6, 6.07) is 63.7. The summed E-state index contributed by atoms with van der Waals surface area (Å²) in [7, 11) is 0. The Labute approximate surface area is 304 Å². The summed E-state index contributed by atoms with van der Waals surface area (Å²) in [5.41, 5.74) is 9.32. The number of fused-ring (bicyclic) bond motifs is 10. The van der Waals surface area contributed by atoms with Gasteiger partial charge in [-0.15, -0.1) is 0 Å². The molecular weight excluding hydrogens is 649 g/mol. The molecule has 5 nitrogen and oxygen atoms in total. The molecule has 0 atom stereocenters. The lowest BCUT2D eigenvalue weighted by Crippen LogP contribution is -2.09. The highest BCUT2D eigenvalue weighted by atomic mass is 16.3. The van der Waals surface area contributed by atoms with Gasteiger partial charge in [-0.2, -0.15) is 0 Å². The van der Waals surface area contributed by atoms with Crippen molar-refractivity contribution in [3.63, 3.8) is 0 Å². The van der Waals surface area contributed by atoms with Gasteiger partial charge < -0.3 is 9.32 Å². The number of para-hydroxylation sites is 2. The molecule has 248 valence electrons. The quantitative estimate of drug-likeness (QED) is 0.182. The van der Waals surface area contributed by atoms with E-state index in [-0.39, 0.29) is 0 Å². The second kappa shape index (κ2) is 11.7. The van der Waals surface area contributed by atoms with Crippen molar-refractivity contribution < 1.29 is 4.42 Å². The van der Waals surface area contributed by atoms with E-state index in [1.165, 1.54) is 10.8 Å². The molecule has 3 aromatic heterocycles. The maximum Gasteiger partial charge on any atom is 0.236 e. The normalized spacial score (nSPS) is 11.8. The van der Waals surface area contributed by atoms with Gasteiger partial charge in [-0.05, 0) is 76.1 Å². The molecule has 0 radical (unpaired) electrons. The van der Waals surface area contributed by atoms with E-state index in [0.717, 1.165) is 77.4 Å². The Morgan fingerprint density at radius 3 is 1.74 bits per heavy atom. The van der Waals surface area contributed by atoms with Gasteiger partial charge in [0.15, 0.2) is 5.58 Å². The fourth-order valence-corrected chi connectivity index (χ4v) is 8.02. The summed E-state index contributed by atoms with van der Waals surface area (Å²) in [4.78, 5) is 13.1. The molecule has 0 amide bonds. The highest BCUT2D eigenvalue weighted by Gasteiger charge is 2.24. The first-order chi connectivity index (χ1) is 26.3. The first-order valence-corrected chi connectivity index (χ1v) is 17.8. The smallest absolute Gasteiger partial charge is 0.236 e. The molecule has 0 spiro atoms. The van der Waals surface area contributed by atoms with Gasteiger partial charge in [0.05, 0.1) is 16.4 Å². The zero-order chi connectivity index (χ0) is 34.9. The summed E-state index contributed by atoms with van der Waals surface area (Å²) in [6.07, 6.45) is 0. The van der Waals surface area contributed by atoms with Crippen molar-refractivity contribution >= 4 is 82.5 Å². The summed E-state index contributed by atoms with van der Waals surface area (Å²) in [5.74, 6) is 0.595. The topological polar surface area (TPSA) is 47.1 Å². The molecule has 8 aromatic carbocycles. The standard InChI is InChI=1S/C48H30N4O/c1-4-16-33(17-5-1)45-47-46(44-38-23-13-11-15-32(38)25-29-42(44)53-47)50-48(49-45)52-40-28-26-36(51(34-18-6-2-7-19-34)35-20-8-3-9-21-35)30-39(40)43-37-22-12-10-14-31(37)24-27-41(43)52/h1-30H. The highest BCUT2D eigenvalue weighted by molar-refractivity contribution is 6.22. The zero-order valence-electron chi connectivity index (χ0n) is 28.5. The number of aromatic nitrogens is 3. The van der Waals surface area contributed by atoms with Crippen molar-refractivity contribution in [2.24, 2.45) is 0 Å². The van der Waals surface area contributed by atoms with E-state index in [1.54, 1.807) is 0 Å². The van der Waals surface area contributed by atoms with E-state index in [9.17, 15) is 0 Å². The monoisotopic (exact) mass is 678 g/mol. The van der Waals surface area contributed by atoms with Crippen LogP contribution in [0.5, 0.6) is 0 Å². The Kier molecular flexibility index (Phi) is 6.48. The van der Waals surface area contributed by atoms with E-state index in [4.69, 9.17) is 14.4 Å². The van der Waals surface area contributed by atoms with Crippen molar-refractivity contribution in [2.45, 2.75) is 0 Å². The molecule has 11 rings (SSSR count). The minimum atomic E-state index is 0.595. The molecule has 0 aliphatic heterocycles. The second-order valence-electron chi connectivity index (χ2n) is 13.4. The average molecular weight is 679 g/mol. The van der Waals surface area contributed by atoms with Gasteiger partial charge in [0.1, 0.15) is 16.8 Å². The van der Waals surface area contributed by atoms with Crippen molar-refractivity contribution in [1.82, 2.24) is 14.5 Å². The third-order valence-electron chi connectivity index (χ3n) is 10.4. The van der Waals surface area contributed by atoms with Gasteiger partial charge in [0.2, 0.25) is 5.95 Å². The SMILES string of the molecule is c1ccc(-c2nc(-n3c4ccc(N(c5ccccc5)c5ccccc5)cc4c4c5ccccc5ccc43)nc3c2oc2ccc4ccccc4c23)cc1. The maximum atomic E-state index is 6.64. The number of hydrogen-bond acceptors (Lipinski definition) is 4. The van der Waals surface area contributed by atoms with E-state index in [0.29, 0.717) is 11.5 Å². The van der Waals surface area contributed by atoms with Gasteiger partial charge in [-0.3, -0.25) is 4.57 Å². The van der Waals surface area contributed by atoms with Crippen LogP contribution >= 0.6 is 0 Å². The molecule has 3 heterocycles. The number of rotatable bonds is 5. The van der Waals surface area contributed by atoms with Crippen molar-refractivity contribution in [2.75, 3.05) is 4.90 Å². The zero-order valence-corrected chi connectivity index (χ0v) is 28.5. The number of furan rings is 1. The summed E-state index contributed by atoms with van der Waals surface area (Å²) < 4.78 is 8.87. The summed E-state index contributed by atoms with van der Waals surface area (Å²) in [6.45, 7) is 0. The molecule has 11 aromatic rings. The number of anilines is 3. The number of benzene rings is 8. The Morgan fingerprint density at radius 1 is 0.453 bits per heavy atom. The Hall–Kier alpha value is -7.24. The lowest BCUT2D eigenvalue weighted by atomic mass is 10.0. The average Bonchev–Trinajstić information content (AvgIpc) is 3.78. The van der Waals surface area contributed by atoms with E-state index >= 15 is 0 Å². The summed E-state index contributed by atoms with van der Waals surface area (Å²) >= 11 is 0. The number of hydrogen-bond donors (Lipinski definition) is 0. The van der Waals surface area contributed by atoms with Crippen LogP contribution in [0.1, 0.15) is 0 Å². The predicted octanol–water partition coefficient (Wildman–Crippen LogP) is 12.9. The molecule has 5 heteroatoms. The first kappa shape index (κ1) is 29.5. The van der Waals surface area contributed by atoms with Gasteiger partial charge >= 0.3 is 0 Å². The fraction of sp³-hybridized carbons (Fsp3) is 0. The Bertz CT molecular complexity index is 3130. The van der Waals surface area contributed by atoms with Gasteiger partial charge in [0.25, 0.3) is 0 Å². The summed E-state index contributed by atoms with van der Waals surface area (Å²) in [5, 5.41) is 7.89. The first-order valence-electron chi connectivity index (χ1n) is 17.8. The molecule has 0 bridgehead atoms. The molecule has 0 saturated heterocycles. The maximum absolute atomic E-state index is 6.64. The third kappa shape index (κ3) is 4.57. The van der Waals surface area contributed by atoms with Gasteiger partial charge in [-0.25, -0.2) is 9.97 Å². The minimum absolute atomic E-state index is 0.595. The highest BCUT2D eigenvalue weighted by Crippen LogP contribution is 2.43. The molecule has 0 N–H and O–H groups in total.